The van der Waals surface area contributed by atoms with Crippen LogP contribution in [0.3, 0.4) is 0 Å². The Hall–Kier alpha value is -2.74. The van der Waals surface area contributed by atoms with Gasteiger partial charge in [-0.3, -0.25) is 4.79 Å². The number of rotatable bonds is 7. The quantitative estimate of drug-likeness (QED) is 0.741. The van der Waals surface area contributed by atoms with Gasteiger partial charge in [-0.15, -0.1) is 0 Å². The van der Waals surface area contributed by atoms with Crippen LogP contribution in [0, 0.1) is 6.92 Å². The molecule has 1 aliphatic carbocycles. The van der Waals surface area contributed by atoms with E-state index in [2.05, 4.69) is 9.97 Å². The number of benzene rings is 1. The van der Waals surface area contributed by atoms with Crippen LogP contribution in [-0.4, -0.2) is 30.5 Å². The molecular weight excluding hydrogens is 390 g/mol. The number of hydrogen-bond donors (Lipinski definition) is 1. The van der Waals surface area contributed by atoms with Gasteiger partial charge in [0.05, 0.1) is 0 Å². The van der Waals surface area contributed by atoms with Crippen LogP contribution < -0.4 is 10.5 Å². The number of nitrogens with zero attached hydrogens (tertiary/aromatic N) is 2. The van der Waals surface area contributed by atoms with Crippen LogP contribution in [0.5, 0.6) is 11.6 Å². The molecule has 1 fully saturated rings. The zero-order chi connectivity index (χ0) is 21.0. The molecule has 0 aliphatic heterocycles. The number of carbonyl (C=O) groups excluding carboxylic acids is 1. The third kappa shape index (κ3) is 5.63. The number of hydrogen-bond acceptors (Lipinski definition) is 6. The van der Waals surface area contributed by atoms with Gasteiger partial charge in [-0.05, 0) is 37.8 Å². The van der Waals surface area contributed by atoms with E-state index in [4.69, 9.17) is 10.5 Å². The van der Waals surface area contributed by atoms with Gasteiger partial charge in [-0.1, -0.05) is 36.6 Å². The summed E-state index contributed by atoms with van der Waals surface area (Å²) in [5.74, 6) is 0.880. The molecule has 0 spiro atoms. The summed E-state index contributed by atoms with van der Waals surface area (Å²) in [5, 5.41) is 1.16. The van der Waals surface area contributed by atoms with E-state index in [1.165, 1.54) is 6.20 Å². The lowest BCUT2D eigenvalue weighted by atomic mass is 10.1. The first-order valence-corrected chi connectivity index (χ1v) is 11.5. The molecule has 8 heteroatoms. The van der Waals surface area contributed by atoms with Gasteiger partial charge in [0.15, 0.2) is 9.84 Å². The molecule has 29 heavy (non-hydrogen) atoms. The number of amides is 1. The number of carbonyl (C=O) groups is 1. The van der Waals surface area contributed by atoms with Gasteiger partial charge < -0.3 is 10.5 Å². The Morgan fingerprint density at radius 1 is 1.31 bits per heavy atom. The van der Waals surface area contributed by atoms with Gasteiger partial charge in [0.1, 0.15) is 17.1 Å². The number of nitrogens with two attached hydrogens (primary N) is 1. The minimum Gasteiger partial charge on any atom is -0.438 e. The molecule has 2 N–H and O–H groups in total. The topological polar surface area (TPSA) is 112 Å². The lowest BCUT2D eigenvalue weighted by Gasteiger charge is -2.14. The number of sulfone groups is 1. The first-order chi connectivity index (χ1) is 13.7. The molecule has 0 atom stereocenters. The molecule has 0 saturated heterocycles. The maximum atomic E-state index is 11.9. The van der Waals surface area contributed by atoms with Crippen LogP contribution in [0.4, 0.5) is 0 Å². The number of primary amides is 1. The summed E-state index contributed by atoms with van der Waals surface area (Å²) in [5.41, 5.74) is 7.38. The van der Waals surface area contributed by atoms with Crippen molar-refractivity contribution in [2.24, 2.45) is 5.73 Å². The molecule has 1 aliphatic rings. The summed E-state index contributed by atoms with van der Waals surface area (Å²) in [6.07, 6.45) is 8.79. The number of ether oxygens (including phenoxy) is 1. The smallest absolute Gasteiger partial charge is 0.255 e. The molecule has 1 saturated carbocycles. The van der Waals surface area contributed by atoms with Gasteiger partial charge in [-0.2, -0.15) is 4.98 Å². The molecule has 154 valence electrons. The number of allylic oxidation sites excluding steroid dienone is 1. The van der Waals surface area contributed by atoms with E-state index < -0.39 is 15.7 Å². The van der Waals surface area contributed by atoms with E-state index in [1.54, 1.807) is 12.1 Å². The second-order valence-corrected chi connectivity index (χ2v) is 9.34. The van der Waals surface area contributed by atoms with Gasteiger partial charge in [0.25, 0.3) is 5.91 Å². The fourth-order valence-electron chi connectivity index (χ4n) is 3.43. The van der Waals surface area contributed by atoms with Crippen LogP contribution in [0.25, 0.3) is 0 Å². The Bertz CT molecular complexity index is 1040. The molecule has 1 aromatic heterocycles. The van der Waals surface area contributed by atoms with E-state index in [0.717, 1.165) is 48.5 Å². The zero-order valence-electron chi connectivity index (χ0n) is 16.6. The van der Waals surface area contributed by atoms with E-state index >= 15 is 0 Å². The lowest BCUT2D eigenvalue weighted by molar-refractivity contribution is 0.0997. The molecule has 0 bridgehead atoms. The first kappa shape index (κ1) is 21.0. The fraction of sp³-hybridized carbons (Fsp3) is 0.381. The van der Waals surface area contributed by atoms with Crippen LogP contribution in [0.1, 0.15) is 58.9 Å². The normalized spacial score (nSPS) is 15.1. The highest BCUT2D eigenvalue weighted by Crippen LogP contribution is 2.34. The van der Waals surface area contributed by atoms with E-state index in [-0.39, 0.29) is 17.4 Å². The molecule has 1 heterocycles. The van der Waals surface area contributed by atoms with Crippen LogP contribution >= 0.6 is 0 Å². The monoisotopic (exact) mass is 415 g/mol. The summed E-state index contributed by atoms with van der Waals surface area (Å²) < 4.78 is 28.7. The third-order valence-electron chi connectivity index (χ3n) is 4.86. The summed E-state index contributed by atoms with van der Waals surface area (Å²) >= 11 is 0. The van der Waals surface area contributed by atoms with Crippen molar-refractivity contribution in [3.63, 3.8) is 0 Å². The van der Waals surface area contributed by atoms with Crippen LogP contribution in [0.2, 0.25) is 0 Å². The predicted molar refractivity (Wildman–Crippen MR) is 111 cm³/mol. The van der Waals surface area contributed by atoms with Crippen LogP contribution in [0.15, 0.2) is 35.9 Å². The number of aryl methyl sites for hydroxylation is 1. The molecule has 0 radical (unpaired) electrons. The van der Waals surface area contributed by atoms with Crippen molar-refractivity contribution in [3.05, 3.63) is 58.4 Å². The fourth-order valence-corrected chi connectivity index (χ4v) is 3.87. The Morgan fingerprint density at radius 2 is 2.03 bits per heavy atom. The van der Waals surface area contributed by atoms with Gasteiger partial charge in [0.2, 0.25) is 5.88 Å². The molecule has 1 aromatic carbocycles. The average Bonchev–Trinajstić information content (AvgIpc) is 3.17. The second-order valence-electron chi connectivity index (χ2n) is 7.41. The maximum Gasteiger partial charge on any atom is 0.255 e. The maximum absolute atomic E-state index is 11.9. The van der Waals surface area contributed by atoms with Crippen molar-refractivity contribution >= 4 is 15.7 Å². The van der Waals surface area contributed by atoms with Crippen molar-refractivity contribution in [1.82, 2.24) is 9.97 Å². The van der Waals surface area contributed by atoms with Gasteiger partial charge in [-0.25, -0.2) is 13.4 Å². The van der Waals surface area contributed by atoms with E-state index in [9.17, 15) is 13.2 Å². The molecule has 1 amide bonds. The second kappa shape index (κ2) is 8.73. The summed E-state index contributed by atoms with van der Waals surface area (Å²) in [7, 11) is -3.21. The Labute approximate surface area is 170 Å². The molecular formula is C21H25N3O4S. The van der Waals surface area contributed by atoms with Gasteiger partial charge in [0, 0.05) is 23.8 Å². The van der Waals surface area contributed by atoms with Crippen molar-refractivity contribution in [2.75, 3.05) is 6.26 Å². The van der Waals surface area contributed by atoms with E-state index in [1.807, 2.05) is 19.1 Å². The molecule has 0 unspecified atom stereocenters. The first-order valence-electron chi connectivity index (χ1n) is 9.53. The molecule has 7 nitrogen and oxygen atoms in total. The standard InChI is InChI=1S/C21H25N3O4S/c1-14-9-10-18(16(12-14)8-5-11-29(2,26)27)28-21-17(19(22)25)13-23-20(24-21)15-6-3-4-7-15/h5,9-13,15H,3-4,6-8H2,1-2H3,(H2,22,25)/b11-5+. The zero-order valence-corrected chi connectivity index (χ0v) is 17.4. The largest absolute Gasteiger partial charge is 0.438 e. The Balaban J connectivity index is 1.95. The highest BCUT2D eigenvalue weighted by Gasteiger charge is 2.23. The summed E-state index contributed by atoms with van der Waals surface area (Å²) in [4.78, 5) is 20.7. The summed E-state index contributed by atoms with van der Waals surface area (Å²) in [6, 6.07) is 5.56. The Morgan fingerprint density at radius 3 is 2.69 bits per heavy atom. The SMILES string of the molecule is Cc1ccc(Oc2nc(C3CCCC3)ncc2C(N)=O)c(C/C=C/S(C)(=O)=O)c1. The highest BCUT2D eigenvalue weighted by molar-refractivity contribution is 7.93. The lowest BCUT2D eigenvalue weighted by Crippen LogP contribution is -2.15. The summed E-state index contributed by atoms with van der Waals surface area (Å²) in [6.45, 7) is 1.94. The molecule has 2 aromatic rings. The average molecular weight is 416 g/mol. The number of aromatic nitrogens is 2. The minimum absolute atomic E-state index is 0.116. The minimum atomic E-state index is -3.21. The van der Waals surface area contributed by atoms with Crippen molar-refractivity contribution in [2.45, 2.75) is 44.9 Å². The van der Waals surface area contributed by atoms with Crippen molar-refractivity contribution < 1.29 is 17.9 Å². The van der Waals surface area contributed by atoms with Crippen LogP contribution in [-0.2, 0) is 16.3 Å². The highest BCUT2D eigenvalue weighted by atomic mass is 32.2. The third-order valence-corrected chi connectivity index (χ3v) is 5.55. The Kier molecular flexibility index (Phi) is 6.32. The van der Waals surface area contributed by atoms with Crippen molar-refractivity contribution in [3.8, 4) is 11.6 Å². The molecule has 3 rings (SSSR count). The van der Waals surface area contributed by atoms with Crippen molar-refractivity contribution in [1.29, 1.82) is 0 Å². The van der Waals surface area contributed by atoms with Gasteiger partial charge >= 0.3 is 0 Å². The van der Waals surface area contributed by atoms with E-state index in [0.29, 0.717) is 18.0 Å². The predicted octanol–water partition coefficient (Wildman–Crippen LogP) is 3.43.